The summed E-state index contributed by atoms with van der Waals surface area (Å²) in [5.41, 5.74) is 1.08. The number of sulfone groups is 1. The fraction of sp³-hybridized carbons (Fsp3) is 0.500. The molecular formula is C12H16BrNO4S. The van der Waals surface area contributed by atoms with E-state index in [9.17, 15) is 13.5 Å². The van der Waals surface area contributed by atoms with Gasteiger partial charge in [-0.3, -0.25) is 0 Å². The van der Waals surface area contributed by atoms with E-state index in [-0.39, 0.29) is 11.5 Å². The SMILES string of the molecule is CNCc1ccc(OC2CS(=O)(=O)CC2O)c(Br)c1. The largest absolute Gasteiger partial charge is 0.485 e. The van der Waals surface area contributed by atoms with Gasteiger partial charge in [-0.1, -0.05) is 6.07 Å². The van der Waals surface area contributed by atoms with Crippen LogP contribution in [-0.2, 0) is 16.4 Å². The zero-order valence-corrected chi connectivity index (χ0v) is 12.9. The van der Waals surface area contributed by atoms with Crippen LogP contribution in [0.1, 0.15) is 5.56 Å². The molecule has 1 aliphatic heterocycles. The number of aliphatic hydroxyl groups excluding tert-OH is 1. The highest BCUT2D eigenvalue weighted by molar-refractivity contribution is 9.10. The minimum atomic E-state index is -3.19. The third-order valence-corrected chi connectivity index (χ3v) is 5.23. The molecule has 0 saturated carbocycles. The van der Waals surface area contributed by atoms with Crippen LogP contribution in [0.15, 0.2) is 22.7 Å². The van der Waals surface area contributed by atoms with Crippen LogP contribution < -0.4 is 10.1 Å². The molecule has 1 saturated heterocycles. The standard InChI is InChI=1S/C12H16BrNO4S/c1-14-5-8-2-3-11(9(13)4-8)18-12-7-19(16,17)6-10(12)15/h2-4,10,12,14-15H,5-7H2,1H3. The summed E-state index contributed by atoms with van der Waals surface area (Å²) in [5.74, 6) is 0.174. The van der Waals surface area contributed by atoms with Crippen LogP contribution in [0.25, 0.3) is 0 Å². The molecule has 0 aliphatic carbocycles. The van der Waals surface area contributed by atoms with E-state index in [0.29, 0.717) is 5.75 Å². The van der Waals surface area contributed by atoms with E-state index >= 15 is 0 Å². The van der Waals surface area contributed by atoms with Gasteiger partial charge in [0, 0.05) is 6.54 Å². The van der Waals surface area contributed by atoms with Gasteiger partial charge in [-0.25, -0.2) is 8.42 Å². The monoisotopic (exact) mass is 349 g/mol. The maximum Gasteiger partial charge on any atom is 0.156 e. The molecule has 5 nitrogen and oxygen atoms in total. The second-order valence-corrected chi connectivity index (χ2v) is 7.60. The van der Waals surface area contributed by atoms with Crippen LogP contribution in [0.2, 0.25) is 0 Å². The van der Waals surface area contributed by atoms with Gasteiger partial charge in [0.15, 0.2) is 9.84 Å². The van der Waals surface area contributed by atoms with Gasteiger partial charge in [-0.2, -0.15) is 0 Å². The van der Waals surface area contributed by atoms with Crippen molar-refractivity contribution in [2.24, 2.45) is 0 Å². The summed E-state index contributed by atoms with van der Waals surface area (Å²) in [6, 6.07) is 5.57. The quantitative estimate of drug-likeness (QED) is 0.836. The zero-order valence-electron chi connectivity index (χ0n) is 10.5. The van der Waals surface area contributed by atoms with Crippen molar-refractivity contribution < 1.29 is 18.3 Å². The number of hydrogen-bond acceptors (Lipinski definition) is 5. The topological polar surface area (TPSA) is 75.6 Å². The van der Waals surface area contributed by atoms with E-state index in [4.69, 9.17) is 4.74 Å². The summed E-state index contributed by atoms with van der Waals surface area (Å²) in [6.45, 7) is 0.735. The van der Waals surface area contributed by atoms with E-state index < -0.39 is 22.0 Å². The predicted molar refractivity (Wildman–Crippen MR) is 76.0 cm³/mol. The molecule has 2 N–H and O–H groups in total. The molecule has 1 fully saturated rings. The van der Waals surface area contributed by atoms with E-state index in [0.717, 1.165) is 16.6 Å². The van der Waals surface area contributed by atoms with E-state index in [1.54, 1.807) is 6.07 Å². The molecule has 2 rings (SSSR count). The van der Waals surface area contributed by atoms with E-state index in [1.165, 1.54) is 0 Å². The third-order valence-electron chi connectivity index (χ3n) is 2.93. The minimum absolute atomic E-state index is 0.140. The molecule has 1 heterocycles. The Morgan fingerprint density at radius 3 is 2.74 bits per heavy atom. The number of aliphatic hydroxyl groups is 1. The fourth-order valence-electron chi connectivity index (χ4n) is 2.03. The van der Waals surface area contributed by atoms with Crippen molar-refractivity contribution in [3.8, 4) is 5.75 Å². The van der Waals surface area contributed by atoms with Gasteiger partial charge in [0.1, 0.15) is 18.0 Å². The van der Waals surface area contributed by atoms with Gasteiger partial charge >= 0.3 is 0 Å². The summed E-state index contributed by atoms with van der Waals surface area (Å²) >= 11 is 3.39. The highest BCUT2D eigenvalue weighted by Gasteiger charge is 2.38. The maximum atomic E-state index is 11.4. The van der Waals surface area contributed by atoms with Gasteiger partial charge in [0.25, 0.3) is 0 Å². The summed E-state index contributed by atoms with van der Waals surface area (Å²) < 4.78 is 29.1. The van der Waals surface area contributed by atoms with Crippen LogP contribution in [0.3, 0.4) is 0 Å². The fourth-order valence-corrected chi connectivity index (χ4v) is 4.21. The maximum absolute atomic E-state index is 11.4. The van der Waals surface area contributed by atoms with Gasteiger partial charge < -0.3 is 15.2 Å². The molecule has 1 aromatic carbocycles. The van der Waals surface area contributed by atoms with Crippen LogP contribution in [0, 0.1) is 0 Å². The molecule has 0 spiro atoms. The van der Waals surface area contributed by atoms with Crippen molar-refractivity contribution in [2.45, 2.75) is 18.8 Å². The summed E-state index contributed by atoms with van der Waals surface area (Å²) in [5, 5.41) is 12.7. The molecule has 0 aromatic heterocycles. The Kier molecular flexibility index (Phi) is 4.50. The molecule has 0 amide bonds. The Morgan fingerprint density at radius 2 is 2.21 bits per heavy atom. The van der Waals surface area contributed by atoms with Crippen molar-refractivity contribution in [1.82, 2.24) is 5.32 Å². The first-order valence-corrected chi connectivity index (χ1v) is 8.51. The Labute approximate surface area is 121 Å². The number of hydrogen-bond donors (Lipinski definition) is 2. The van der Waals surface area contributed by atoms with Crippen LogP contribution in [0.4, 0.5) is 0 Å². The average molecular weight is 350 g/mol. The molecule has 106 valence electrons. The van der Waals surface area contributed by atoms with Crippen LogP contribution in [-0.4, -0.2) is 44.3 Å². The van der Waals surface area contributed by atoms with Crippen molar-refractivity contribution in [3.63, 3.8) is 0 Å². The minimum Gasteiger partial charge on any atom is -0.485 e. The van der Waals surface area contributed by atoms with Crippen molar-refractivity contribution in [1.29, 1.82) is 0 Å². The second kappa shape index (κ2) is 5.78. The van der Waals surface area contributed by atoms with Gasteiger partial charge in [-0.05, 0) is 40.7 Å². The number of rotatable bonds is 4. The first-order valence-electron chi connectivity index (χ1n) is 5.89. The smallest absolute Gasteiger partial charge is 0.156 e. The molecule has 1 aliphatic rings. The Bertz CT molecular complexity index is 561. The molecule has 2 unspecified atom stereocenters. The predicted octanol–water partition coefficient (Wildman–Crippen LogP) is 0.705. The molecule has 19 heavy (non-hydrogen) atoms. The van der Waals surface area contributed by atoms with Crippen LogP contribution >= 0.6 is 15.9 Å². The number of ether oxygens (including phenoxy) is 1. The molecule has 1 aromatic rings. The second-order valence-electron chi connectivity index (χ2n) is 4.60. The lowest BCUT2D eigenvalue weighted by atomic mass is 10.2. The zero-order chi connectivity index (χ0) is 14.0. The summed E-state index contributed by atoms with van der Waals surface area (Å²) in [4.78, 5) is 0. The molecule has 2 atom stereocenters. The van der Waals surface area contributed by atoms with Gasteiger partial charge in [0.2, 0.25) is 0 Å². The molecule has 7 heteroatoms. The highest BCUT2D eigenvalue weighted by Crippen LogP contribution is 2.29. The lowest BCUT2D eigenvalue weighted by Gasteiger charge is -2.17. The Morgan fingerprint density at radius 1 is 1.47 bits per heavy atom. The average Bonchev–Trinajstić information content (AvgIpc) is 2.56. The van der Waals surface area contributed by atoms with Crippen molar-refractivity contribution in [2.75, 3.05) is 18.6 Å². The molecule has 0 radical (unpaired) electrons. The van der Waals surface area contributed by atoms with E-state index in [1.807, 2.05) is 19.2 Å². The summed E-state index contributed by atoms with van der Waals surface area (Å²) in [6.07, 6.45) is -1.66. The lowest BCUT2D eigenvalue weighted by molar-refractivity contribution is 0.0733. The third kappa shape index (κ3) is 3.68. The van der Waals surface area contributed by atoms with Gasteiger partial charge in [-0.15, -0.1) is 0 Å². The molecular weight excluding hydrogens is 334 g/mol. The number of benzene rings is 1. The van der Waals surface area contributed by atoms with Crippen LogP contribution in [0.5, 0.6) is 5.75 Å². The van der Waals surface area contributed by atoms with E-state index in [2.05, 4.69) is 21.2 Å². The number of nitrogens with one attached hydrogen (secondary N) is 1. The van der Waals surface area contributed by atoms with Crippen molar-refractivity contribution in [3.05, 3.63) is 28.2 Å². The first-order chi connectivity index (χ1) is 8.91. The van der Waals surface area contributed by atoms with Crippen molar-refractivity contribution >= 4 is 25.8 Å². The summed E-state index contributed by atoms with van der Waals surface area (Å²) in [7, 11) is -1.34. The molecule has 0 bridgehead atoms. The Hall–Kier alpha value is -0.630. The Balaban J connectivity index is 2.11. The van der Waals surface area contributed by atoms with Gasteiger partial charge in [0.05, 0.1) is 16.0 Å². The number of halogens is 1. The lowest BCUT2D eigenvalue weighted by Crippen LogP contribution is -2.29. The highest BCUT2D eigenvalue weighted by atomic mass is 79.9. The normalized spacial score (nSPS) is 25.4. The first kappa shape index (κ1) is 14.8.